The number of esters is 1. The van der Waals surface area contributed by atoms with E-state index in [4.69, 9.17) is 27.9 Å². The molecule has 5 nitrogen and oxygen atoms in total. The van der Waals surface area contributed by atoms with Crippen LogP contribution in [0.15, 0.2) is 54.7 Å². The maximum Gasteiger partial charge on any atom is 0.331 e. The molecule has 27 heavy (non-hydrogen) atoms. The summed E-state index contributed by atoms with van der Waals surface area (Å²) >= 11 is 12.6. The molecule has 7 heteroatoms. The summed E-state index contributed by atoms with van der Waals surface area (Å²) in [6, 6.07) is 12.9. The molecule has 3 rings (SSSR count). The van der Waals surface area contributed by atoms with Crippen molar-refractivity contribution in [3.8, 4) is 0 Å². The van der Waals surface area contributed by atoms with Crippen molar-refractivity contribution in [3.63, 3.8) is 0 Å². The highest BCUT2D eigenvalue weighted by atomic mass is 35.5. The summed E-state index contributed by atoms with van der Waals surface area (Å²) in [6.45, 7) is 2.38. The summed E-state index contributed by atoms with van der Waals surface area (Å²) in [7, 11) is 0. The largest absolute Gasteiger partial charge is 0.456 e. The Hall–Kier alpha value is -2.63. The molecule has 2 heterocycles. The monoisotopic (exact) mass is 401 g/mol. The Labute approximate surface area is 167 Å². The molecule has 0 aliphatic heterocycles. The quantitative estimate of drug-likeness (QED) is 0.443. The van der Waals surface area contributed by atoms with E-state index in [1.807, 2.05) is 37.3 Å². The third-order valence-electron chi connectivity index (χ3n) is 3.86. The van der Waals surface area contributed by atoms with Gasteiger partial charge in [-0.05, 0) is 36.8 Å². The van der Waals surface area contributed by atoms with Gasteiger partial charge >= 0.3 is 5.97 Å². The number of aryl methyl sites for hydroxylation is 1. The van der Waals surface area contributed by atoms with Gasteiger partial charge < -0.3 is 4.74 Å². The molecule has 0 aliphatic carbocycles. The van der Waals surface area contributed by atoms with E-state index in [0.717, 1.165) is 5.56 Å². The van der Waals surface area contributed by atoms with Gasteiger partial charge in [-0.1, -0.05) is 47.5 Å². The molecule has 0 saturated carbocycles. The Morgan fingerprint density at radius 3 is 2.70 bits per heavy atom. The predicted octanol–water partition coefficient (Wildman–Crippen LogP) is 4.70. The second kappa shape index (κ2) is 8.84. The first-order valence-electron chi connectivity index (χ1n) is 8.25. The van der Waals surface area contributed by atoms with Crippen molar-refractivity contribution < 1.29 is 9.53 Å². The molecule has 0 unspecified atom stereocenters. The predicted molar refractivity (Wildman–Crippen MR) is 106 cm³/mol. The van der Waals surface area contributed by atoms with Crippen molar-refractivity contribution >= 4 is 35.2 Å². The maximum atomic E-state index is 11.9. The van der Waals surface area contributed by atoms with Gasteiger partial charge in [0.05, 0.1) is 17.9 Å². The molecule has 0 radical (unpaired) electrons. The maximum absolute atomic E-state index is 11.9. The average molecular weight is 402 g/mol. The minimum absolute atomic E-state index is 0.114. The van der Waals surface area contributed by atoms with Gasteiger partial charge in [0.15, 0.2) is 0 Å². The first-order valence-corrected chi connectivity index (χ1v) is 9.01. The van der Waals surface area contributed by atoms with Crippen LogP contribution in [-0.4, -0.2) is 20.7 Å². The van der Waals surface area contributed by atoms with Crippen LogP contribution >= 0.6 is 23.2 Å². The molecule has 0 atom stereocenters. The SMILES string of the molecule is Cc1nn(Cc2ccccc2Cl)c(Cl)c1/C=C/C(=O)OCc1ccccn1. The molecular formula is C20H17Cl2N3O2. The van der Waals surface area contributed by atoms with E-state index < -0.39 is 5.97 Å². The molecule has 0 amide bonds. The van der Waals surface area contributed by atoms with Crippen LogP contribution in [0.5, 0.6) is 0 Å². The molecule has 0 spiro atoms. The Morgan fingerprint density at radius 1 is 1.19 bits per heavy atom. The number of benzene rings is 1. The molecule has 0 N–H and O–H groups in total. The zero-order chi connectivity index (χ0) is 19.2. The van der Waals surface area contributed by atoms with Gasteiger partial charge in [0, 0.05) is 22.9 Å². The van der Waals surface area contributed by atoms with E-state index in [1.54, 1.807) is 29.1 Å². The normalized spacial score (nSPS) is 11.1. The highest BCUT2D eigenvalue weighted by Crippen LogP contribution is 2.24. The van der Waals surface area contributed by atoms with E-state index in [9.17, 15) is 4.79 Å². The highest BCUT2D eigenvalue weighted by molar-refractivity contribution is 6.32. The van der Waals surface area contributed by atoms with E-state index in [2.05, 4.69) is 10.1 Å². The molecule has 1 aromatic carbocycles. The first kappa shape index (κ1) is 19.1. The molecule has 0 fully saturated rings. The van der Waals surface area contributed by atoms with E-state index >= 15 is 0 Å². The lowest BCUT2D eigenvalue weighted by atomic mass is 10.2. The lowest BCUT2D eigenvalue weighted by molar-refractivity contribution is -0.139. The standard InChI is InChI=1S/C20H17Cl2N3O2/c1-14-17(9-10-19(26)27-13-16-7-4-5-11-23-16)20(22)25(24-14)12-15-6-2-3-8-18(15)21/h2-11H,12-13H2,1H3/b10-9+. The van der Waals surface area contributed by atoms with Crippen LogP contribution in [0.25, 0.3) is 6.08 Å². The van der Waals surface area contributed by atoms with E-state index in [0.29, 0.717) is 33.7 Å². The van der Waals surface area contributed by atoms with Gasteiger partial charge in [-0.2, -0.15) is 5.10 Å². The van der Waals surface area contributed by atoms with Crippen molar-refractivity contribution in [2.75, 3.05) is 0 Å². The van der Waals surface area contributed by atoms with Crippen LogP contribution in [-0.2, 0) is 22.7 Å². The number of rotatable bonds is 6. The number of pyridine rings is 1. The molecule has 2 aromatic heterocycles. The average Bonchev–Trinajstić information content (AvgIpc) is 2.94. The van der Waals surface area contributed by atoms with E-state index in [-0.39, 0.29) is 6.61 Å². The topological polar surface area (TPSA) is 57.0 Å². The minimum atomic E-state index is -0.477. The van der Waals surface area contributed by atoms with Gasteiger partial charge in [-0.25, -0.2) is 9.48 Å². The fourth-order valence-electron chi connectivity index (χ4n) is 2.48. The van der Waals surface area contributed by atoms with Gasteiger partial charge in [0.25, 0.3) is 0 Å². The van der Waals surface area contributed by atoms with Crippen molar-refractivity contribution in [3.05, 3.63) is 87.4 Å². The lowest BCUT2D eigenvalue weighted by Gasteiger charge is -2.05. The Morgan fingerprint density at radius 2 is 1.96 bits per heavy atom. The number of ether oxygens (including phenoxy) is 1. The third kappa shape index (κ3) is 4.96. The van der Waals surface area contributed by atoms with Gasteiger partial charge in [0.2, 0.25) is 0 Å². The summed E-state index contributed by atoms with van der Waals surface area (Å²) in [5, 5.41) is 5.51. The van der Waals surface area contributed by atoms with Crippen LogP contribution in [0.1, 0.15) is 22.5 Å². The van der Waals surface area contributed by atoms with Crippen molar-refractivity contribution in [2.45, 2.75) is 20.1 Å². The Bertz CT molecular complexity index is 969. The van der Waals surface area contributed by atoms with Gasteiger partial charge in [0.1, 0.15) is 11.8 Å². The van der Waals surface area contributed by atoms with Crippen LogP contribution in [0, 0.1) is 6.92 Å². The van der Waals surface area contributed by atoms with Gasteiger partial charge in [-0.3, -0.25) is 4.98 Å². The molecule has 0 bridgehead atoms. The fraction of sp³-hybridized carbons (Fsp3) is 0.150. The molecular weight excluding hydrogens is 385 g/mol. The lowest BCUT2D eigenvalue weighted by Crippen LogP contribution is -2.02. The summed E-state index contributed by atoms with van der Waals surface area (Å²) in [6.07, 6.45) is 4.59. The van der Waals surface area contributed by atoms with Gasteiger partial charge in [-0.15, -0.1) is 0 Å². The number of hydrogen-bond donors (Lipinski definition) is 0. The number of carbonyl (C=O) groups excluding carboxylic acids is 1. The Kier molecular flexibility index (Phi) is 6.27. The second-order valence-corrected chi connectivity index (χ2v) is 6.57. The van der Waals surface area contributed by atoms with Crippen LogP contribution < -0.4 is 0 Å². The zero-order valence-corrected chi connectivity index (χ0v) is 16.1. The van der Waals surface area contributed by atoms with Crippen molar-refractivity contribution in [1.29, 1.82) is 0 Å². The summed E-state index contributed by atoms with van der Waals surface area (Å²) in [4.78, 5) is 16.0. The highest BCUT2D eigenvalue weighted by Gasteiger charge is 2.13. The minimum Gasteiger partial charge on any atom is -0.456 e. The molecule has 138 valence electrons. The summed E-state index contributed by atoms with van der Waals surface area (Å²) < 4.78 is 6.82. The van der Waals surface area contributed by atoms with Crippen molar-refractivity contribution in [2.24, 2.45) is 0 Å². The van der Waals surface area contributed by atoms with Crippen LogP contribution in [0.2, 0.25) is 10.2 Å². The smallest absolute Gasteiger partial charge is 0.331 e. The first-order chi connectivity index (χ1) is 13.0. The summed E-state index contributed by atoms with van der Waals surface area (Å²) in [5.74, 6) is -0.477. The third-order valence-corrected chi connectivity index (χ3v) is 4.63. The van der Waals surface area contributed by atoms with Crippen molar-refractivity contribution in [1.82, 2.24) is 14.8 Å². The fourth-order valence-corrected chi connectivity index (χ4v) is 2.97. The van der Waals surface area contributed by atoms with E-state index in [1.165, 1.54) is 6.08 Å². The molecule has 3 aromatic rings. The number of aromatic nitrogens is 3. The second-order valence-electron chi connectivity index (χ2n) is 5.80. The summed E-state index contributed by atoms with van der Waals surface area (Å²) in [5.41, 5.74) is 2.97. The zero-order valence-electron chi connectivity index (χ0n) is 14.6. The van der Waals surface area contributed by atoms with Crippen LogP contribution in [0.4, 0.5) is 0 Å². The number of nitrogens with zero attached hydrogens (tertiary/aromatic N) is 3. The molecule has 0 aliphatic rings. The van der Waals surface area contributed by atoms with Crippen LogP contribution in [0.3, 0.4) is 0 Å². The number of hydrogen-bond acceptors (Lipinski definition) is 4. The molecule has 0 saturated heterocycles. The Balaban J connectivity index is 1.68. The number of halogens is 2. The number of carbonyl (C=O) groups is 1.